The molecule has 2 bridgehead atoms. The molecule has 2 unspecified atom stereocenters. The van der Waals surface area contributed by atoms with Crippen LogP contribution in [0.4, 0.5) is 16.2 Å². The second-order valence-corrected chi connectivity index (χ2v) is 14.9. The van der Waals surface area contributed by atoms with E-state index in [0.717, 1.165) is 0 Å². The number of hydrogen-bond donors (Lipinski definition) is 3. The van der Waals surface area contributed by atoms with E-state index in [1.54, 1.807) is 0 Å². The van der Waals surface area contributed by atoms with Crippen molar-refractivity contribution in [2.24, 2.45) is 0 Å². The average molecular weight is 682 g/mol. The molecule has 5 N–H and O–H groups in total. The number of H-pyrrole nitrogens is 1. The molecule has 7 rings (SSSR count). The first-order valence-corrected chi connectivity index (χ1v) is 17.8. The molecule has 3 saturated heterocycles. The number of nitrogens with zero attached hydrogens (tertiary/aromatic N) is 7. The lowest BCUT2D eigenvalue weighted by molar-refractivity contribution is -0.0578. The van der Waals surface area contributed by atoms with Crippen molar-refractivity contribution in [2.75, 3.05) is 31.8 Å². The van der Waals surface area contributed by atoms with E-state index in [2.05, 4.69) is 29.9 Å². The van der Waals surface area contributed by atoms with Crippen LogP contribution < -0.4 is 17.0 Å². The Morgan fingerprint density at radius 2 is 1.57 bits per heavy atom. The summed E-state index contributed by atoms with van der Waals surface area (Å²) >= 11 is 0. The van der Waals surface area contributed by atoms with Crippen molar-refractivity contribution in [1.82, 2.24) is 39.0 Å². The Labute approximate surface area is 259 Å². The molecular weight excluding hydrogens is 655 g/mol. The first-order valence-electron chi connectivity index (χ1n) is 13.8. The maximum Gasteiger partial charge on any atom is 0.280 e. The fraction of sp³-hybridized carbons (Fsp3) is 0.524. The summed E-state index contributed by atoms with van der Waals surface area (Å²) in [7, 11) is -4.33. The number of hydrogen-bond acceptors (Lipinski definition) is 17. The third kappa shape index (κ3) is 5.44. The summed E-state index contributed by atoms with van der Waals surface area (Å²) in [5.74, 6) is -0.0992. The second kappa shape index (κ2) is 11.5. The van der Waals surface area contributed by atoms with E-state index < -0.39 is 76.3 Å². The topological polar surface area (TPSA) is 258 Å². The summed E-state index contributed by atoms with van der Waals surface area (Å²) in [5.41, 5.74) is 11.5. The van der Waals surface area contributed by atoms with Gasteiger partial charge >= 0.3 is 0 Å². The third-order valence-corrected chi connectivity index (χ3v) is 10.3. The molecule has 0 radical (unpaired) electrons. The summed E-state index contributed by atoms with van der Waals surface area (Å²) in [5, 5.41) is 0. The molecule has 0 saturated carbocycles. The maximum absolute atomic E-state index is 16.1. The van der Waals surface area contributed by atoms with Crippen LogP contribution in [0.1, 0.15) is 12.5 Å². The minimum absolute atomic E-state index is 0.0402. The number of aromatic nitrogens is 8. The highest BCUT2D eigenvalue weighted by atomic mass is 31.2. The van der Waals surface area contributed by atoms with Crippen LogP contribution >= 0.6 is 14.9 Å². The third-order valence-electron chi connectivity index (χ3n) is 7.78. The minimum Gasteiger partial charge on any atom is -0.382 e. The van der Waals surface area contributed by atoms with Gasteiger partial charge in [0.15, 0.2) is 41.3 Å². The van der Waals surface area contributed by atoms with Crippen LogP contribution in [0.15, 0.2) is 23.8 Å². The molecule has 4 aromatic heterocycles. The van der Waals surface area contributed by atoms with Gasteiger partial charge in [0.1, 0.15) is 42.4 Å². The lowest BCUT2D eigenvalue weighted by atomic mass is 10.1. The largest absolute Gasteiger partial charge is 0.382 e. The van der Waals surface area contributed by atoms with E-state index in [0.29, 0.717) is 0 Å². The molecule has 0 aliphatic carbocycles. The van der Waals surface area contributed by atoms with Gasteiger partial charge in [0, 0.05) is 7.11 Å². The number of nitrogens with two attached hydrogens (primary N) is 2. The summed E-state index contributed by atoms with van der Waals surface area (Å²) in [4.78, 5) is 35.2. The number of nitrogens with one attached hydrogen (secondary N) is 1. The van der Waals surface area contributed by atoms with Crippen molar-refractivity contribution in [3.63, 3.8) is 0 Å². The number of ether oxygens (including phenoxy) is 3. The van der Waals surface area contributed by atoms with Gasteiger partial charge in [-0.25, -0.2) is 24.3 Å². The number of fused-ring (bicyclic) bond motifs is 5. The molecule has 4 aromatic rings. The monoisotopic (exact) mass is 682 g/mol. The Morgan fingerprint density at radius 1 is 0.935 bits per heavy atom. The van der Waals surface area contributed by atoms with Crippen LogP contribution in [0.5, 0.6) is 0 Å². The maximum atomic E-state index is 16.1. The van der Waals surface area contributed by atoms with Gasteiger partial charge in [-0.1, -0.05) is 0 Å². The highest BCUT2D eigenvalue weighted by Gasteiger charge is 2.53. The van der Waals surface area contributed by atoms with Crippen LogP contribution in [0.25, 0.3) is 22.3 Å². The molecule has 10 atom stereocenters. The predicted molar refractivity (Wildman–Crippen MR) is 160 cm³/mol. The lowest BCUT2D eigenvalue weighted by Gasteiger charge is -2.28. The normalized spacial score (nSPS) is 37.1. The zero-order chi connectivity index (χ0) is 32.5. The number of methoxy groups -OCH3 is 1. The zero-order valence-electron chi connectivity index (χ0n) is 24.4. The number of halogens is 1. The molecule has 3 aliphatic heterocycles. The van der Waals surface area contributed by atoms with Crippen molar-refractivity contribution >= 4 is 64.2 Å². The molecule has 3 aliphatic rings. The van der Waals surface area contributed by atoms with Crippen molar-refractivity contribution < 1.29 is 45.8 Å². The van der Waals surface area contributed by atoms with Gasteiger partial charge in [-0.15, -0.1) is 0 Å². The quantitative estimate of drug-likeness (QED) is 0.165. The molecular formula is C21H27B2FN10O10P2. The SMILES string of the molecule is B[P@@]1(=O)OCC2O[C@@H](n3cnc4c(=O)[nH]c(N)nc43)[C@@H](O[P@](B)(=O)OC[C@H]3OC(n4cnc5c(N)ncnc54)[C@@H](F)[C@H]3O1)[C@H]2OC. The van der Waals surface area contributed by atoms with Gasteiger partial charge < -0.3 is 43.8 Å². The smallest absolute Gasteiger partial charge is 0.280 e. The average Bonchev–Trinajstić information content (AvgIpc) is 3.75. The Hall–Kier alpha value is -3.26. The van der Waals surface area contributed by atoms with Crippen LogP contribution in [-0.4, -0.2) is 111 Å². The lowest BCUT2D eigenvalue weighted by Crippen LogP contribution is -2.37. The van der Waals surface area contributed by atoms with E-state index >= 15 is 4.39 Å². The van der Waals surface area contributed by atoms with Gasteiger partial charge in [-0.2, -0.15) is 4.98 Å². The summed E-state index contributed by atoms with van der Waals surface area (Å²) < 4.78 is 87.2. The Morgan fingerprint density at radius 3 is 2.28 bits per heavy atom. The van der Waals surface area contributed by atoms with Crippen LogP contribution in [0.2, 0.25) is 0 Å². The Bertz CT molecular complexity index is 1970. The van der Waals surface area contributed by atoms with Gasteiger partial charge in [-0.3, -0.25) is 28.0 Å². The molecule has 7 heterocycles. The van der Waals surface area contributed by atoms with Crippen LogP contribution in [-0.2, 0) is 41.4 Å². The highest BCUT2D eigenvalue weighted by Crippen LogP contribution is 2.54. The van der Waals surface area contributed by atoms with Crippen LogP contribution in [0, 0.1) is 0 Å². The standard InChI is InChI=1S/C21H27B2FN10O10P2/c1-38-13-8-3-40-45(22,36)43-12-7(41-19(9(12)24)33-5-29-10-15(25)27-4-28-16(10)33)2-39-46(23,37)44-14(13)20(42-8)34-6-30-11-17(34)31-21(26)32-18(11)35/h4-9,12-14,19-20H,2-3,22-23H2,1H3,(H2,25,27,28)(H3,26,31,32,35)/t7-,8?,9+,12+,13+,14+,19?,20-,45-,46-/m1/s1. The van der Waals surface area contributed by atoms with Gasteiger partial charge in [0.2, 0.25) is 5.95 Å². The van der Waals surface area contributed by atoms with E-state index in [-0.39, 0.29) is 40.7 Å². The molecule has 0 amide bonds. The Balaban J connectivity index is 1.22. The van der Waals surface area contributed by atoms with E-state index in [1.165, 1.54) is 50.4 Å². The first-order chi connectivity index (χ1) is 21.9. The predicted octanol–water partition coefficient (Wildman–Crippen LogP) is -1.43. The van der Waals surface area contributed by atoms with Crippen LogP contribution in [0.3, 0.4) is 0 Å². The highest BCUT2D eigenvalue weighted by molar-refractivity contribution is 7.79. The summed E-state index contributed by atoms with van der Waals surface area (Å²) in [6.07, 6.45) is -6.61. The van der Waals surface area contributed by atoms with Crippen molar-refractivity contribution in [2.45, 2.75) is 49.1 Å². The fourth-order valence-corrected chi connectivity index (χ4v) is 8.07. The second-order valence-electron chi connectivity index (χ2n) is 10.9. The number of anilines is 2. The van der Waals surface area contributed by atoms with Gasteiger partial charge in [0.25, 0.3) is 35.6 Å². The molecule has 25 heteroatoms. The summed E-state index contributed by atoms with van der Waals surface area (Å²) in [6, 6.07) is 0. The first kappa shape index (κ1) is 31.3. The Kier molecular flexibility index (Phi) is 7.81. The van der Waals surface area contributed by atoms with E-state index in [4.69, 9.17) is 43.8 Å². The van der Waals surface area contributed by atoms with E-state index in [9.17, 15) is 13.9 Å². The fourth-order valence-electron chi connectivity index (χ4n) is 5.75. The molecule has 46 heavy (non-hydrogen) atoms. The molecule has 244 valence electrons. The van der Waals surface area contributed by atoms with Crippen molar-refractivity contribution in [3.8, 4) is 0 Å². The number of aromatic amines is 1. The van der Waals surface area contributed by atoms with Crippen molar-refractivity contribution in [3.05, 3.63) is 29.3 Å². The van der Waals surface area contributed by atoms with Gasteiger partial charge in [-0.05, 0) is 0 Å². The number of imidazole rings is 2. The number of rotatable bonds is 3. The molecule has 0 spiro atoms. The van der Waals surface area contributed by atoms with E-state index in [1.807, 2.05) is 0 Å². The van der Waals surface area contributed by atoms with Gasteiger partial charge in [0.05, 0.1) is 25.9 Å². The molecule has 0 aromatic carbocycles. The number of nitrogen functional groups attached to an aromatic ring is 2. The summed E-state index contributed by atoms with van der Waals surface area (Å²) in [6.45, 7) is -0.902. The molecule has 3 fully saturated rings. The molecule has 20 nitrogen and oxygen atoms in total. The number of alkyl halides is 1. The zero-order valence-corrected chi connectivity index (χ0v) is 26.2. The minimum atomic E-state index is -4.04. The van der Waals surface area contributed by atoms with Crippen molar-refractivity contribution in [1.29, 1.82) is 0 Å².